The Hall–Kier alpha value is -3.87. The van der Waals surface area contributed by atoms with Crippen molar-refractivity contribution in [3.05, 3.63) is 71.3 Å². The number of carbonyl (C=O) groups is 1. The number of nitrogens with zero attached hydrogens (tertiary/aromatic N) is 1. The molecule has 0 spiro atoms. The minimum Gasteiger partial charge on any atom is -0.493 e. The van der Waals surface area contributed by atoms with E-state index in [1.54, 1.807) is 33.3 Å². The van der Waals surface area contributed by atoms with E-state index in [4.69, 9.17) is 23.7 Å². The van der Waals surface area contributed by atoms with Gasteiger partial charge in [0.2, 0.25) is 11.7 Å². The number of rotatable bonds is 9. The summed E-state index contributed by atoms with van der Waals surface area (Å²) in [6, 6.07) is 17.5. The van der Waals surface area contributed by atoms with Gasteiger partial charge in [0.25, 0.3) is 0 Å². The van der Waals surface area contributed by atoms with Crippen molar-refractivity contribution in [2.24, 2.45) is 0 Å². The second-order valence-electron chi connectivity index (χ2n) is 7.92. The van der Waals surface area contributed by atoms with E-state index >= 15 is 0 Å². The van der Waals surface area contributed by atoms with Crippen LogP contribution in [0.3, 0.4) is 0 Å². The highest BCUT2D eigenvalue weighted by Crippen LogP contribution is 2.41. The van der Waals surface area contributed by atoms with E-state index in [-0.39, 0.29) is 5.91 Å². The Morgan fingerprint density at radius 2 is 1.41 bits per heavy atom. The normalized spacial score (nSPS) is 12.7. The van der Waals surface area contributed by atoms with Crippen LogP contribution in [0.4, 0.5) is 5.69 Å². The molecule has 0 saturated carbocycles. The van der Waals surface area contributed by atoms with Gasteiger partial charge in [-0.2, -0.15) is 0 Å². The van der Waals surface area contributed by atoms with Gasteiger partial charge in [-0.1, -0.05) is 30.3 Å². The van der Waals surface area contributed by atoms with Crippen molar-refractivity contribution in [1.82, 2.24) is 0 Å². The Kier molecular flexibility index (Phi) is 7.11. The van der Waals surface area contributed by atoms with Crippen LogP contribution in [0.25, 0.3) is 0 Å². The van der Waals surface area contributed by atoms with Gasteiger partial charge in [-0.3, -0.25) is 4.79 Å². The lowest BCUT2D eigenvalue weighted by atomic mass is 9.99. The lowest BCUT2D eigenvalue weighted by molar-refractivity contribution is -0.119. The molecule has 1 amide bonds. The van der Waals surface area contributed by atoms with Gasteiger partial charge in [-0.25, -0.2) is 0 Å². The quantitative estimate of drug-likeness (QED) is 0.455. The summed E-state index contributed by atoms with van der Waals surface area (Å²) in [4.78, 5) is 14.7. The number of benzene rings is 3. The van der Waals surface area contributed by atoms with Crippen molar-refractivity contribution in [1.29, 1.82) is 0 Å². The van der Waals surface area contributed by atoms with Crippen molar-refractivity contribution >= 4 is 11.6 Å². The summed E-state index contributed by atoms with van der Waals surface area (Å²) in [6.07, 6.45) is 1.06. The number of methoxy groups -OCH3 is 4. The highest BCUT2D eigenvalue weighted by Gasteiger charge is 2.27. The maximum Gasteiger partial charge on any atom is 0.227 e. The van der Waals surface area contributed by atoms with Crippen LogP contribution in [0.1, 0.15) is 23.1 Å². The molecule has 0 aromatic heterocycles. The SMILES string of the molecule is COc1cc2c(cc1OCc1ccccc1)CCC(=O)N2Cc1cc(OC)c(OC)c(OC)c1. The first kappa shape index (κ1) is 23.3. The zero-order valence-corrected chi connectivity index (χ0v) is 19.9. The average molecular weight is 464 g/mol. The fourth-order valence-electron chi connectivity index (χ4n) is 4.14. The monoisotopic (exact) mass is 463 g/mol. The van der Waals surface area contributed by atoms with Gasteiger partial charge in [0.05, 0.1) is 40.7 Å². The van der Waals surface area contributed by atoms with E-state index in [0.29, 0.717) is 54.7 Å². The Bertz CT molecular complexity index is 1140. The first-order chi connectivity index (χ1) is 16.6. The number of carbonyl (C=O) groups excluding carboxylic acids is 1. The van der Waals surface area contributed by atoms with E-state index in [0.717, 1.165) is 22.4 Å². The number of amides is 1. The van der Waals surface area contributed by atoms with E-state index in [9.17, 15) is 4.79 Å². The highest BCUT2D eigenvalue weighted by molar-refractivity contribution is 5.97. The molecule has 178 valence electrons. The lowest BCUT2D eigenvalue weighted by Gasteiger charge is -2.31. The predicted octanol–water partition coefficient (Wildman–Crippen LogP) is 4.78. The largest absolute Gasteiger partial charge is 0.493 e. The average Bonchev–Trinajstić information content (AvgIpc) is 2.88. The van der Waals surface area contributed by atoms with Crippen LogP contribution in [0, 0.1) is 0 Å². The van der Waals surface area contributed by atoms with Crippen molar-refractivity contribution in [3.63, 3.8) is 0 Å². The maximum absolute atomic E-state index is 13.0. The zero-order chi connectivity index (χ0) is 24.1. The minimum absolute atomic E-state index is 0.0428. The van der Waals surface area contributed by atoms with Crippen LogP contribution in [-0.2, 0) is 24.4 Å². The molecule has 0 N–H and O–H groups in total. The molecule has 4 rings (SSSR count). The third-order valence-corrected chi connectivity index (χ3v) is 5.87. The van der Waals surface area contributed by atoms with Crippen molar-refractivity contribution < 1.29 is 28.5 Å². The van der Waals surface area contributed by atoms with Gasteiger partial charge in [0.1, 0.15) is 6.61 Å². The van der Waals surface area contributed by atoms with E-state index in [1.807, 2.05) is 54.6 Å². The molecule has 0 bridgehead atoms. The summed E-state index contributed by atoms with van der Waals surface area (Å²) < 4.78 is 28.1. The number of anilines is 1. The molecule has 1 aliphatic heterocycles. The summed E-state index contributed by atoms with van der Waals surface area (Å²) in [6.45, 7) is 0.792. The molecule has 0 unspecified atom stereocenters. The Morgan fingerprint density at radius 3 is 2.03 bits per heavy atom. The van der Waals surface area contributed by atoms with E-state index < -0.39 is 0 Å². The van der Waals surface area contributed by atoms with Crippen LogP contribution in [0.15, 0.2) is 54.6 Å². The molecule has 0 aliphatic carbocycles. The van der Waals surface area contributed by atoms with Crippen molar-refractivity contribution in [2.75, 3.05) is 33.3 Å². The fraction of sp³-hybridized carbons (Fsp3) is 0.296. The highest BCUT2D eigenvalue weighted by atomic mass is 16.5. The minimum atomic E-state index is 0.0428. The Morgan fingerprint density at radius 1 is 0.735 bits per heavy atom. The van der Waals surface area contributed by atoms with Gasteiger partial charge in [-0.15, -0.1) is 0 Å². The second-order valence-corrected chi connectivity index (χ2v) is 7.92. The van der Waals surface area contributed by atoms with Gasteiger partial charge in [0, 0.05) is 12.5 Å². The molecule has 3 aromatic rings. The summed E-state index contributed by atoms with van der Waals surface area (Å²) in [5, 5.41) is 0. The summed E-state index contributed by atoms with van der Waals surface area (Å²) in [7, 11) is 6.31. The smallest absolute Gasteiger partial charge is 0.227 e. The van der Waals surface area contributed by atoms with E-state index in [2.05, 4.69) is 0 Å². The third-order valence-electron chi connectivity index (χ3n) is 5.87. The molecular weight excluding hydrogens is 434 g/mol. The standard InChI is InChI=1S/C27H29NO6/c1-30-22-15-21-20(14-23(22)34-17-18-8-6-5-7-9-18)10-11-26(29)28(21)16-19-12-24(31-2)27(33-4)25(13-19)32-3/h5-9,12-15H,10-11,16-17H2,1-4H3. The Balaban J connectivity index is 1.65. The molecule has 7 heteroatoms. The molecule has 1 aliphatic rings. The molecule has 0 saturated heterocycles. The van der Waals surface area contributed by atoms with Crippen LogP contribution in [0.2, 0.25) is 0 Å². The van der Waals surface area contributed by atoms with Gasteiger partial charge < -0.3 is 28.6 Å². The first-order valence-corrected chi connectivity index (χ1v) is 11.0. The second kappa shape index (κ2) is 10.4. The molecule has 1 heterocycles. The van der Waals surface area contributed by atoms with Crippen molar-refractivity contribution in [3.8, 4) is 28.7 Å². The van der Waals surface area contributed by atoms with Crippen molar-refractivity contribution in [2.45, 2.75) is 26.0 Å². The fourth-order valence-corrected chi connectivity index (χ4v) is 4.14. The molecule has 0 radical (unpaired) electrons. The molecular formula is C27H29NO6. The number of hydrogen-bond donors (Lipinski definition) is 0. The van der Waals surface area contributed by atoms with Crippen LogP contribution in [0.5, 0.6) is 28.7 Å². The number of ether oxygens (including phenoxy) is 5. The summed E-state index contributed by atoms with van der Waals surface area (Å²) in [5.41, 5.74) is 3.78. The third kappa shape index (κ3) is 4.73. The van der Waals surface area contributed by atoms with Crippen LogP contribution >= 0.6 is 0 Å². The van der Waals surface area contributed by atoms with Gasteiger partial charge in [0.15, 0.2) is 23.0 Å². The number of hydrogen-bond acceptors (Lipinski definition) is 6. The van der Waals surface area contributed by atoms with Crippen LogP contribution < -0.4 is 28.6 Å². The molecule has 7 nitrogen and oxygen atoms in total. The van der Waals surface area contributed by atoms with E-state index in [1.165, 1.54) is 0 Å². The van der Waals surface area contributed by atoms with Crippen LogP contribution in [-0.4, -0.2) is 34.3 Å². The molecule has 0 fully saturated rings. The summed E-state index contributed by atoms with van der Waals surface area (Å²) in [5.74, 6) is 2.89. The lowest BCUT2D eigenvalue weighted by Crippen LogP contribution is -2.34. The predicted molar refractivity (Wildman–Crippen MR) is 129 cm³/mol. The Labute approximate surface area is 199 Å². The molecule has 34 heavy (non-hydrogen) atoms. The first-order valence-electron chi connectivity index (χ1n) is 11.0. The maximum atomic E-state index is 13.0. The topological polar surface area (TPSA) is 66.5 Å². The van der Waals surface area contributed by atoms with Gasteiger partial charge in [-0.05, 0) is 41.3 Å². The summed E-state index contributed by atoms with van der Waals surface area (Å²) >= 11 is 0. The molecule has 0 atom stereocenters. The number of aryl methyl sites for hydroxylation is 1. The number of fused-ring (bicyclic) bond motifs is 1. The zero-order valence-electron chi connectivity index (χ0n) is 19.9. The van der Waals surface area contributed by atoms with Gasteiger partial charge >= 0.3 is 0 Å². The molecule has 3 aromatic carbocycles.